The Balaban J connectivity index is 3.11. The smallest absolute Gasteiger partial charge is 0.303 e. The predicted molar refractivity (Wildman–Crippen MR) is 49.2 cm³/mol. The van der Waals surface area contributed by atoms with Crippen molar-refractivity contribution in [2.24, 2.45) is 0 Å². The second kappa shape index (κ2) is 7.16. The van der Waals surface area contributed by atoms with Gasteiger partial charge in [0, 0.05) is 12.8 Å². The maximum atomic E-state index is 10.8. The lowest BCUT2D eigenvalue weighted by atomic mass is 10.1. The Kier molecular flexibility index (Phi) is 6.85. The molecule has 0 aromatic heterocycles. The van der Waals surface area contributed by atoms with Gasteiger partial charge in [-0.2, -0.15) is 0 Å². The lowest BCUT2D eigenvalue weighted by Gasteiger charge is -1.96. The van der Waals surface area contributed by atoms with Crippen LogP contribution in [0.5, 0.6) is 0 Å². The van der Waals surface area contributed by atoms with Crippen molar-refractivity contribution in [1.82, 2.24) is 0 Å². The van der Waals surface area contributed by atoms with Crippen LogP contribution in [0.1, 0.15) is 32.1 Å². The minimum Gasteiger partial charge on any atom is -0.481 e. The van der Waals surface area contributed by atoms with Crippen molar-refractivity contribution in [1.29, 1.82) is 0 Å². The molecule has 0 heterocycles. The van der Waals surface area contributed by atoms with Crippen LogP contribution in [0.2, 0.25) is 0 Å². The van der Waals surface area contributed by atoms with E-state index in [-0.39, 0.29) is 11.5 Å². The maximum absolute atomic E-state index is 10.8. The molecule has 0 aromatic carbocycles. The van der Waals surface area contributed by atoms with E-state index in [1.807, 2.05) is 0 Å². The Bertz CT molecular complexity index is 156. The molecule has 0 fully saturated rings. The van der Waals surface area contributed by atoms with Gasteiger partial charge in [0.15, 0.2) is 5.12 Å². The number of carboxylic acid groups (broad SMARTS) is 1. The molecule has 0 aromatic rings. The predicted octanol–water partition coefficient (Wildman–Crippen LogP) is 1.91. The first-order chi connectivity index (χ1) is 5.66. The molecule has 0 amide bonds. The summed E-state index contributed by atoms with van der Waals surface area (Å²) in [6.45, 7) is 0. The summed E-state index contributed by atoms with van der Waals surface area (Å²) in [6, 6.07) is 0. The monoisotopic (exact) mass is 190 g/mol. The first-order valence-electron chi connectivity index (χ1n) is 3.95. The SMILES string of the molecule is CSC(=O)CCCCCC(=O)O. The van der Waals surface area contributed by atoms with Crippen molar-refractivity contribution in [3.8, 4) is 0 Å². The number of thioether (sulfide) groups is 1. The summed E-state index contributed by atoms with van der Waals surface area (Å²) in [6.07, 6.45) is 4.87. The fraction of sp³-hybridized carbons (Fsp3) is 0.750. The third-order valence-corrected chi connectivity index (χ3v) is 2.16. The van der Waals surface area contributed by atoms with Gasteiger partial charge in [-0.05, 0) is 19.1 Å². The Morgan fingerprint density at radius 1 is 1.17 bits per heavy atom. The highest BCUT2D eigenvalue weighted by Gasteiger charge is 1.99. The summed E-state index contributed by atoms with van der Waals surface area (Å²) in [7, 11) is 0. The molecular weight excluding hydrogens is 176 g/mol. The highest BCUT2D eigenvalue weighted by Crippen LogP contribution is 2.07. The van der Waals surface area contributed by atoms with Crippen molar-refractivity contribution in [2.45, 2.75) is 32.1 Å². The molecule has 1 N–H and O–H groups in total. The van der Waals surface area contributed by atoms with Crippen LogP contribution in [0.25, 0.3) is 0 Å². The average Bonchev–Trinajstić information content (AvgIpc) is 2.03. The van der Waals surface area contributed by atoms with Crippen LogP contribution in [0.15, 0.2) is 0 Å². The van der Waals surface area contributed by atoms with Crippen LogP contribution in [-0.4, -0.2) is 22.4 Å². The standard InChI is InChI=1S/C8H14O3S/c1-12-8(11)6-4-2-3-5-7(9)10/h2-6H2,1H3,(H,9,10). The Morgan fingerprint density at radius 3 is 2.25 bits per heavy atom. The topological polar surface area (TPSA) is 54.4 Å². The van der Waals surface area contributed by atoms with Crippen molar-refractivity contribution < 1.29 is 14.7 Å². The molecule has 0 saturated heterocycles. The quantitative estimate of drug-likeness (QED) is 0.650. The van der Waals surface area contributed by atoms with E-state index < -0.39 is 5.97 Å². The average molecular weight is 190 g/mol. The molecule has 0 unspecified atom stereocenters. The molecule has 0 aliphatic carbocycles. The minimum absolute atomic E-state index is 0.185. The molecule has 12 heavy (non-hydrogen) atoms. The molecule has 4 heteroatoms. The van der Waals surface area contributed by atoms with Crippen molar-refractivity contribution in [3.63, 3.8) is 0 Å². The van der Waals surface area contributed by atoms with Crippen molar-refractivity contribution in [2.75, 3.05) is 6.26 Å². The lowest BCUT2D eigenvalue weighted by molar-refractivity contribution is -0.137. The largest absolute Gasteiger partial charge is 0.481 e. The van der Waals surface area contributed by atoms with Crippen LogP contribution in [-0.2, 0) is 9.59 Å². The first-order valence-corrected chi connectivity index (χ1v) is 5.18. The van der Waals surface area contributed by atoms with Crippen LogP contribution < -0.4 is 0 Å². The highest BCUT2D eigenvalue weighted by atomic mass is 32.2. The van der Waals surface area contributed by atoms with Gasteiger partial charge < -0.3 is 5.11 Å². The zero-order valence-corrected chi connectivity index (χ0v) is 8.02. The number of aliphatic carboxylic acids is 1. The van der Waals surface area contributed by atoms with E-state index in [0.29, 0.717) is 12.8 Å². The van der Waals surface area contributed by atoms with Gasteiger partial charge >= 0.3 is 5.97 Å². The summed E-state index contributed by atoms with van der Waals surface area (Å²) >= 11 is 1.23. The molecule has 0 spiro atoms. The summed E-state index contributed by atoms with van der Waals surface area (Å²) in [5.74, 6) is -0.758. The zero-order chi connectivity index (χ0) is 9.40. The van der Waals surface area contributed by atoms with E-state index in [0.717, 1.165) is 12.8 Å². The summed E-state index contributed by atoms with van der Waals surface area (Å²) in [5, 5.41) is 8.48. The third-order valence-electron chi connectivity index (χ3n) is 1.50. The van der Waals surface area contributed by atoms with Crippen molar-refractivity contribution >= 4 is 22.8 Å². The van der Waals surface area contributed by atoms with Crippen LogP contribution in [0.4, 0.5) is 0 Å². The number of unbranched alkanes of at least 4 members (excludes halogenated alkanes) is 2. The van der Waals surface area contributed by atoms with Crippen LogP contribution in [0.3, 0.4) is 0 Å². The highest BCUT2D eigenvalue weighted by molar-refractivity contribution is 8.13. The molecule has 0 radical (unpaired) electrons. The van der Waals surface area contributed by atoms with Gasteiger partial charge in [-0.15, -0.1) is 0 Å². The summed E-state index contributed by atoms with van der Waals surface area (Å²) < 4.78 is 0. The number of carboxylic acids is 1. The summed E-state index contributed by atoms with van der Waals surface area (Å²) in [5.41, 5.74) is 0. The molecular formula is C8H14O3S. The van der Waals surface area contributed by atoms with E-state index in [1.165, 1.54) is 11.8 Å². The van der Waals surface area contributed by atoms with Gasteiger partial charge in [-0.3, -0.25) is 9.59 Å². The normalized spacial score (nSPS) is 9.75. The number of hydrogen-bond acceptors (Lipinski definition) is 3. The van der Waals surface area contributed by atoms with Gasteiger partial charge in [0.05, 0.1) is 0 Å². The fourth-order valence-electron chi connectivity index (χ4n) is 0.824. The number of carbonyl (C=O) groups is 2. The van der Waals surface area contributed by atoms with Gasteiger partial charge in [0.25, 0.3) is 0 Å². The molecule has 0 atom stereocenters. The lowest BCUT2D eigenvalue weighted by Crippen LogP contribution is -1.95. The van der Waals surface area contributed by atoms with E-state index in [4.69, 9.17) is 5.11 Å². The molecule has 3 nitrogen and oxygen atoms in total. The molecule has 0 saturated carbocycles. The van der Waals surface area contributed by atoms with Gasteiger partial charge in [-0.25, -0.2) is 0 Å². The van der Waals surface area contributed by atoms with E-state index in [9.17, 15) is 9.59 Å². The van der Waals surface area contributed by atoms with Crippen LogP contribution >= 0.6 is 11.8 Å². The summed E-state index contributed by atoms with van der Waals surface area (Å²) in [4.78, 5) is 20.8. The number of hydrogen-bond donors (Lipinski definition) is 1. The molecule has 70 valence electrons. The minimum atomic E-state index is -0.758. The second-order valence-corrected chi connectivity index (χ2v) is 3.39. The van der Waals surface area contributed by atoms with E-state index in [1.54, 1.807) is 6.26 Å². The third kappa shape index (κ3) is 7.60. The number of carbonyl (C=O) groups excluding carboxylic acids is 1. The van der Waals surface area contributed by atoms with Crippen molar-refractivity contribution in [3.05, 3.63) is 0 Å². The fourth-order valence-corrected chi connectivity index (χ4v) is 1.17. The molecule has 0 rings (SSSR count). The second-order valence-electron chi connectivity index (χ2n) is 2.53. The number of rotatable bonds is 6. The zero-order valence-electron chi connectivity index (χ0n) is 7.21. The van der Waals surface area contributed by atoms with Crippen LogP contribution in [0, 0.1) is 0 Å². The van der Waals surface area contributed by atoms with Gasteiger partial charge in [0.1, 0.15) is 0 Å². The van der Waals surface area contributed by atoms with Gasteiger partial charge in [0.2, 0.25) is 0 Å². The molecule has 0 bridgehead atoms. The van der Waals surface area contributed by atoms with E-state index >= 15 is 0 Å². The Morgan fingerprint density at radius 2 is 1.75 bits per heavy atom. The maximum Gasteiger partial charge on any atom is 0.303 e. The Hall–Kier alpha value is -0.510. The van der Waals surface area contributed by atoms with E-state index in [2.05, 4.69) is 0 Å². The molecule has 0 aliphatic rings. The van der Waals surface area contributed by atoms with Gasteiger partial charge in [-0.1, -0.05) is 18.2 Å². The molecule has 0 aliphatic heterocycles. The first kappa shape index (κ1) is 11.5. The Labute approximate surface area is 76.5 Å².